The van der Waals surface area contributed by atoms with Crippen molar-refractivity contribution in [2.75, 3.05) is 26.3 Å². The van der Waals surface area contributed by atoms with Crippen LogP contribution in [0.4, 0.5) is 0 Å². The SMILES string of the molecule is O=C(c1ccc(-n2ccnc2)c(C#Cc2ccccc2)c1)N1CCOCC1. The van der Waals surface area contributed by atoms with Gasteiger partial charge in [-0.2, -0.15) is 0 Å². The third-order valence-electron chi connectivity index (χ3n) is 4.44. The number of amides is 1. The number of hydrogen-bond donors (Lipinski definition) is 0. The molecule has 0 spiro atoms. The molecule has 0 aliphatic carbocycles. The molecule has 1 saturated heterocycles. The molecule has 134 valence electrons. The summed E-state index contributed by atoms with van der Waals surface area (Å²) in [7, 11) is 0. The Hall–Kier alpha value is -3.36. The van der Waals surface area contributed by atoms with E-state index >= 15 is 0 Å². The third-order valence-corrected chi connectivity index (χ3v) is 4.44. The van der Waals surface area contributed by atoms with Crippen molar-refractivity contribution in [1.29, 1.82) is 0 Å². The topological polar surface area (TPSA) is 47.4 Å². The number of morpholine rings is 1. The third kappa shape index (κ3) is 3.91. The molecule has 0 saturated carbocycles. The molecule has 1 aliphatic heterocycles. The van der Waals surface area contributed by atoms with Crippen molar-refractivity contribution in [2.45, 2.75) is 0 Å². The standard InChI is InChI=1S/C22H19N3O2/c26-22(24-12-14-27-15-13-24)20-8-9-21(25-11-10-23-17-25)19(16-20)7-6-18-4-2-1-3-5-18/h1-5,8-11,16-17H,12-15H2. The molecule has 27 heavy (non-hydrogen) atoms. The van der Waals surface area contributed by atoms with Crippen LogP contribution in [0.2, 0.25) is 0 Å². The fourth-order valence-corrected chi connectivity index (χ4v) is 3.01. The Labute approximate surface area is 158 Å². The summed E-state index contributed by atoms with van der Waals surface area (Å²) in [5.74, 6) is 6.41. The zero-order valence-corrected chi connectivity index (χ0v) is 14.8. The molecule has 0 atom stereocenters. The van der Waals surface area contributed by atoms with Gasteiger partial charge in [-0.3, -0.25) is 4.79 Å². The Morgan fingerprint density at radius 3 is 2.59 bits per heavy atom. The van der Waals surface area contributed by atoms with E-state index in [1.165, 1.54) is 0 Å². The summed E-state index contributed by atoms with van der Waals surface area (Å²) < 4.78 is 7.24. The number of hydrogen-bond acceptors (Lipinski definition) is 3. The van der Waals surface area contributed by atoms with Gasteiger partial charge in [0.25, 0.3) is 5.91 Å². The Kier molecular flexibility index (Phi) is 4.99. The smallest absolute Gasteiger partial charge is 0.254 e. The zero-order valence-electron chi connectivity index (χ0n) is 14.8. The van der Waals surface area contributed by atoms with Gasteiger partial charge in [0, 0.05) is 42.2 Å². The minimum Gasteiger partial charge on any atom is -0.378 e. The number of carbonyl (C=O) groups is 1. The lowest BCUT2D eigenvalue weighted by atomic mass is 10.1. The van der Waals surface area contributed by atoms with Gasteiger partial charge in [-0.25, -0.2) is 4.98 Å². The van der Waals surface area contributed by atoms with Crippen LogP contribution in [-0.2, 0) is 4.74 Å². The Balaban J connectivity index is 1.71. The van der Waals surface area contributed by atoms with Crippen LogP contribution in [0.25, 0.3) is 5.69 Å². The minimum absolute atomic E-state index is 0.0123. The van der Waals surface area contributed by atoms with Crippen LogP contribution >= 0.6 is 0 Å². The molecule has 0 N–H and O–H groups in total. The van der Waals surface area contributed by atoms with Crippen molar-refractivity contribution in [3.8, 4) is 17.5 Å². The molecule has 0 radical (unpaired) electrons. The van der Waals surface area contributed by atoms with Crippen molar-refractivity contribution in [3.63, 3.8) is 0 Å². The maximum atomic E-state index is 12.8. The maximum absolute atomic E-state index is 12.8. The van der Waals surface area contributed by atoms with Gasteiger partial charge >= 0.3 is 0 Å². The van der Waals surface area contributed by atoms with E-state index in [4.69, 9.17) is 4.74 Å². The number of benzene rings is 2. The molecular weight excluding hydrogens is 338 g/mol. The second-order valence-electron chi connectivity index (χ2n) is 6.22. The summed E-state index contributed by atoms with van der Waals surface area (Å²) in [5, 5.41) is 0. The molecule has 1 aliphatic rings. The van der Waals surface area contributed by atoms with Gasteiger partial charge in [0.05, 0.1) is 25.2 Å². The molecule has 2 heterocycles. The first kappa shape index (κ1) is 17.1. The van der Waals surface area contributed by atoms with Gasteiger partial charge in [0.2, 0.25) is 0 Å². The largest absolute Gasteiger partial charge is 0.378 e. The lowest BCUT2D eigenvalue weighted by Crippen LogP contribution is -2.40. The Morgan fingerprint density at radius 1 is 1.04 bits per heavy atom. The van der Waals surface area contributed by atoms with E-state index in [0.717, 1.165) is 16.8 Å². The van der Waals surface area contributed by atoms with Crippen molar-refractivity contribution >= 4 is 5.91 Å². The van der Waals surface area contributed by atoms with E-state index in [1.807, 2.05) is 64.2 Å². The average molecular weight is 357 g/mol. The van der Waals surface area contributed by atoms with Crippen LogP contribution in [0.3, 0.4) is 0 Å². The fourth-order valence-electron chi connectivity index (χ4n) is 3.01. The van der Waals surface area contributed by atoms with Gasteiger partial charge in [0.15, 0.2) is 0 Å². The van der Waals surface area contributed by atoms with E-state index in [-0.39, 0.29) is 5.91 Å². The lowest BCUT2D eigenvalue weighted by molar-refractivity contribution is 0.0303. The first-order valence-electron chi connectivity index (χ1n) is 8.88. The molecule has 4 rings (SSSR count). The number of aromatic nitrogens is 2. The first-order valence-corrected chi connectivity index (χ1v) is 8.88. The highest BCUT2D eigenvalue weighted by atomic mass is 16.5. The molecule has 3 aromatic rings. The highest BCUT2D eigenvalue weighted by Crippen LogP contribution is 2.18. The normalized spacial score (nSPS) is 13.7. The van der Waals surface area contributed by atoms with Gasteiger partial charge in [-0.05, 0) is 30.3 Å². The van der Waals surface area contributed by atoms with Crippen LogP contribution in [0.5, 0.6) is 0 Å². The van der Waals surface area contributed by atoms with E-state index in [0.29, 0.717) is 31.9 Å². The number of nitrogens with zero attached hydrogens (tertiary/aromatic N) is 3. The quantitative estimate of drug-likeness (QED) is 0.663. The van der Waals surface area contributed by atoms with Crippen LogP contribution in [0.1, 0.15) is 21.5 Å². The predicted molar refractivity (Wildman–Crippen MR) is 103 cm³/mol. The number of rotatable bonds is 2. The summed E-state index contributed by atoms with van der Waals surface area (Å²) in [6.45, 7) is 2.40. The second kappa shape index (κ2) is 7.90. The summed E-state index contributed by atoms with van der Waals surface area (Å²) in [4.78, 5) is 18.8. The summed E-state index contributed by atoms with van der Waals surface area (Å²) >= 11 is 0. The zero-order chi connectivity index (χ0) is 18.5. The monoisotopic (exact) mass is 357 g/mol. The minimum atomic E-state index is 0.0123. The van der Waals surface area contributed by atoms with Crippen LogP contribution in [0, 0.1) is 11.8 Å². The van der Waals surface area contributed by atoms with Gasteiger partial charge in [0.1, 0.15) is 0 Å². The Bertz CT molecular complexity index is 979. The number of ether oxygens (including phenoxy) is 1. The number of carbonyl (C=O) groups excluding carboxylic acids is 1. The molecule has 0 bridgehead atoms. The average Bonchev–Trinajstić information content (AvgIpc) is 3.27. The van der Waals surface area contributed by atoms with Crippen molar-refractivity contribution in [2.24, 2.45) is 0 Å². The van der Waals surface area contributed by atoms with Crippen LogP contribution in [0.15, 0.2) is 67.3 Å². The molecule has 5 heteroatoms. The van der Waals surface area contributed by atoms with E-state index < -0.39 is 0 Å². The van der Waals surface area contributed by atoms with Crippen LogP contribution < -0.4 is 0 Å². The van der Waals surface area contributed by atoms with Gasteiger partial charge < -0.3 is 14.2 Å². The predicted octanol–water partition coefficient (Wildman–Crippen LogP) is 2.74. The van der Waals surface area contributed by atoms with E-state index in [1.54, 1.807) is 12.5 Å². The first-order chi connectivity index (χ1) is 13.3. The van der Waals surface area contributed by atoms with Gasteiger partial charge in [-0.1, -0.05) is 30.0 Å². The maximum Gasteiger partial charge on any atom is 0.254 e. The summed E-state index contributed by atoms with van der Waals surface area (Å²) in [5.41, 5.74) is 3.25. The molecule has 0 unspecified atom stereocenters. The molecule has 2 aromatic carbocycles. The molecule has 1 aromatic heterocycles. The lowest BCUT2D eigenvalue weighted by Gasteiger charge is -2.27. The van der Waals surface area contributed by atoms with Crippen molar-refractivity contribution < 1.29 is 9.53 Å². The highest BCUT2D eigenvalue weighted by Gasteiger charge is 2.19. The molecule has 1 amide bonds. The Morgan fingerprint density at radius 2 is 1.85 bits per heavy atom. The summed E-state index contributed by atoms with van der Waals surface area (Å²) in [6.07, 6.45) is 5.32. The number of imidazole rings is 1. The second-order valence-corrected chi connectivity index (χ2v) is 6.22. The molecular formula is C22H19N3O2. The fraction of sp³-hybridized carbons (Fsp3) is 0.182. The van der Waals surface area contributed by atoms with E-state index in [9.17, 15) is 4.79 Å². The van der Waals surface area contributed by atoms with E-state index in [2.05, 4.69) is 16.8 Å². The summed E-state index contributed by atoms with van der Waals surface area (Å²) in [6, 6.07) is 15.4. The van der Waals surface area contributed by atoms with Crippen LogP contribution in [-0.4, -0.2) is 46.7 Å². The molecule has 5 nitrogen and oxygen atoms in total. The highest BCUT2D eigenvalue weighted by molar-refractivity contribution is 5.95. The van der Waals surface area contributed by atoms with Crippen molar-refractivity contribution in [3.05, 3.63) is 83.9 Å². The molecule has 1 fully saturated rings. The van der Waals surface area contributed by atoms with Gasteiger partial charge in [-0.15, -0.1) is 0 Å². The van der Waals surface area contributed by atoms with Crippen molar-refractivity contribution in [1.82, 2.24) is 14.5 Å².